The molecule has 128 valence electrons. The van der Waals surface area contributed by atoms with Crippen LogP contribution in [0.3, 0.4) is 0 Å². The van der Waals surface area contributed by atoms with Crippen LogP contribution < -0.4 is 20.1 Å². The summed E-state index contributed by atoms with van der Waals surface area (Å²) in [4.78, 5) is 4.21. The third-order valence-electron chi connectivity index (χ3n) is 4.05. The first kappa shape index (κ1) is 17.4. The quantitative estimate of drug-likeness (QED) is 0.599. The molecular weight excluding hydrogens is 290 g/mol. The Kier molecular flexibility index (Phi) is 7.04. The fraction of sp³-hybridized carbons (Fsp3) is 0.611. The van der Waals surface area contributed by atoms with Crippen molar-refractivity contribution in [1.82, 2.24) is 10.6 Å². The van der Waals surface area contributed by atoms with E-state index in [-0.39, 0.29) is 0 Å². The molecule has 0 amide bonds. The van der Waals surface area contributed by atoms with Crippen molar-refractivity contribution in [3.8, 4) is 11.5 Å². The number of nitrogens with one attached hydrogen (secondary N) is 2. The molecule has 1 aliphatic rings. The number of guanidine groups is 1. The second-order valence-corrected chi connectivity index (χ2v) is 5.86. The Hall–Kier alpha value is -1.91. The molecule has 0 aliphatic heterocycles. The Morgan fingerprint density at radius 1 is 1.22 bits per heavy atom. The molecule has 0 heterocycles. The Balaban J connectivity index is 1.94. The van der Waals surface area contributed by atoms with Gasteiger partial charge in [0.05, 0.1) is 13.2 Å². The minimum absolute atomic E-state index is 0.338. The summed E-state index contributed by atoms with van der Waals surface area (Å²) in [6.45, 7) is 3.74. The van der Waals surface area contributed by atoms with E-state index < -0.39 is 0 Å². The molecule has 0 unspecified atom stereocenters. The van der Waals surface area contributed by atoms with Crippen LogP contribution in [0.4, 0.5) is 0 Å². The molecule has 5 nitrogen and oxygen atoms in total. The molecule has 1 aliphatic carbocycles. The summed E-state index contributed by atoms with van der Waals surface area (Å²) in [7, 11) is 3.47. The molecule has 0 aromatic heterocycles. The first-order valence-electron chi connectivity index (χ1n) is 8.55. The zero-order valence-electron chi connectivity index (χ0n) is 14.5. The maximum atomic E-state index is 6.07. The lowest BCUT2D eigenvalue weighted by atomic mass is 10.2. The second kappa shape index (κ2) is 9.28. The summed E-state index contributed by atoms with van der Waals surface area (Å²) >= 11 is 0. The number of hydrogen-bond acceptors (Lipinski definition) is 3. The van der Waals surface area contributed by atoms with Gasteiger partial charge in [-0.3, -0.25) is 4.99 Å². The van der Waals surface area contributed by atoms with Crippen molar-refractivity contribution in [1.29, 1.82) is 0 Å². The van der Waals surface area contributed by atoms with E-state index in [0.29, 0.717) is 12.6 Å². The fourth-order valence-electron chi connectivity index (χ4n) is 2.75. The van der Waals surface area contributed by atoms with Crippen molar-refractivity contribution in [2.75, 3.05) is 20.7 Å². The maximum Gasteiger partial charge on any atom is 0.191 e. The molecular formula is C18H29N3O2. The highest BCUT2D eigenvalue weighted by atomic mass is 16.5. The van der Waals surface area contributed by atoms with E-state index in [1.165, 1.54) is 12.8 Å². The van der Waals surface area contributed by atoms with Gasteiger partial charge >= 0.3 is 0 Å². The van der Waals surface area contributed by atoms with Gasteiger partial charge in [-0.05, 0) is 49.8 Å². The molecule has 2 rings (SSSR count). The number of rotatable bonds is 7. The predicted molar refractivity (Wildman–Crippen MR) is 94.4 cm³/mol. The van der Waals surface area contributed by atoms with E-state index in [4.69, 9.17) is 9.47 Å². The van der Waals surface area contributed by atoms with E-state index in [1.54, 1.807) is 14.2 Å². The summed E-state index contributed by atoms with van der Waals surface area (Å²) in [6.07, 6.45) is 6.22. The first-order valence-corrected chi connectivity index (χ1v) is 8.55. The minimum Gasteiger partial charge on any atom is -0.493 e. The van der Waals surface area contributed by atoms with Gasteiger partial charge in [0.2, 0.25) is 0 Å². The number of methoxy groups -OCH3 is 1. The van der Waals surface area contributed by atoms with Gasteiger partial charge < -0.3 is 20.1 Å². The normalized spacial score (nSPS) is 15.5. The topological polar surface area (TPSA) is 54.9 Å². The zero-order valence-corrected chi connectivity index (χ0v) is 14.5. The molecule has 1 aromatic carbocycles. The summed E-state index contributed by atoms with van der Waals surface area (Å²) < 4.78 is 11.6. The van der Waals surface area contributed by atoms with Gasteiger partial charge in [0.1, 0.15) is 0 Å². The van der Waals surface area contributed by atoms with Crippen LogP contribution in [0.25, 0.3) is 0 Å². The smallest absolute Gasteiger partial charge is 0.191 e. The van der Waals surface area contributed by atoms with Gasteiger partial charge in [-0.25, -0.2) is 0 Å². The van der Waals surface area contributed by atoms with E-state index in [0.717, 1.165) is 48.8 Å². The molecule has 2 N–H and O–H groups in total. The predicted octanol–water partition coefficient (Wildman–Crippen LogP) is 3.09. The lowest BCUT2D eigenvalue weighted by Crippen LogP contribution is -2.37. The van der Waals surface area contributed by atoms with Crippen molar-refractivity contribution in [3.63, 3.8) is 0 Å². The number of hydrogen-bond donors (Lipinski definition) is 2. The van der Waals surface area contributed by atoms with Crippen LogP contribution in [0.15, 0.2) is 23.2 Å². The average Bonchev–Trinajstić information content (AvgIpc) is 3.09. The van der Waals surface area contributed by atoms with Crippen LogP contribution in [0.5, 0.6) is 11.5 Å². The molecule has 1 fully saturated rings. The van der Waals surface area contributed by atoms with Crippen molar-refractivity contribution in [2.24, 2.45) is 4.99 Å². The highest BCUT2D eigenvalue weighted by Crippen LogP contribution is 2.32. The van der Waals surface area contributed by atoms with E-state index in [1.807, 2.05) is 12.1 Å². The molecule has 23 heavy (non-hydrogen) atoms. The van der Waals surface area contributed by atoms with Gasteiger partial charge in [-0.2, -0.15) is 0 Å². The van der Waals surface area contributed by atoms with E-state index in [9.17, 15) is 0 Å². The third kappa shape index (κ3) is 5.34. The van der Waals surface area contributed by atoms with Gasteiger partial charge in [-0.15, -0.1) is 0 Å². The van der Waals surface area contributed by atoms with Gasteiger partial charge in [0.25, 0.3) is 0 Å². The van der Waals surface area contributed by atoms with Crippen LogP contribution in [0, 0.1) is 0 Å². The number of ether oxygens (including phenoxy) is 2. The zero-order chi connectivity index (χ0) is 16.5. The van der Waals surface area contributed by atoms with Crippen molar-refractivity contribution < 1.29 is 9.47 Å². The van der Waals surface area contributed by atoms with Gasteiger partial charge in [0, 0.05) is 20.1 Å². The highest BCUT2D eigenvalue weighted by molar-refractivity contribution is 5.79. The molecule has 0 atom stereocenters. The molecule has 0 radical (unpaired) electrons. The third-order valence-corrected chi connectivity index (χ3v) is 4.05. The van der Waals surface area contributed by atoms with Gasteiger partial charge in [-0.1, -0.05) is 13.0 Å². The fourth-order valence-corrected chi connectivity index (χ4v) is 2.75. The van der Waals surface area contributed by atoms with Crippen LogP contribution in [0.1, 0.15) is 44.6 Å². The molecule has 0 spiro atoms. The maximum absolute atomic E-state index is 6.07. The van der Waals surface area contributed by atoms with Crippen LogP contribution in [-0.2, 0) is 6.54 Å². The molecule has 1 saturated carbocycles. The largest absolute Gasteiger partial charge is 0.493 e. The second-order valence-electron chi connectivity index (χ2n) is 5.86. The Morgan fingerprint density at radius 2 is 2.00 bits per heavy atom. The summed E-state index contributed by atoms with van der Waals surface area (Å²) in [5.74, 6) is 2.46. The SMILES string of the molecule is CCCNC(=NC)NCc1ccc(OC2CCCC2)c(OC)c1. The monoisotopic (exact) mass is 319 g/mol. The number of aliphatic imine (C=N–C) groups is 1. The number of nitrogens with zero attached hydrogens (tertiary/aromatic N) is 1. The average molecular weight is 319 g/mol. The number of benzene rings is 1. The van der Waals surface area contributed by atoms with E-state index >= 15 is 0 Å². The molecule has 0 saturated heterocycles. The lowest BCUT2D eigenvalue weighted by Gasteiger charge is -2.17. The standard InChI is InChI=1S/C18H29N3O2/c1-4-11-20-18(19-2)21-13-14-9-10-16(17(12-14)22-3)23-15-7-5-6-8-15/h9-10,12,15H,4-8,11,13H2,1-3H3,(H2,19,20,21). The lowest BCUT2D eigenvalue weighted by molar-refractivity contribution is 0.200. The summed E-state index contributed by atoms with van der Waals surface area (Å²) in [5.41, 5.74) is 1.14. The Morgan fingerprint density at radius 3 is 2.65 bits per heavy atom. The van der Waals surface area contributed by atoms with E-state index in [2.05, 4.69) is 28.6 Å². The Bertz CT molecular complexity index is 511. The minimum atomic E-state index is 0.338. The summed E-state index contributed by atoms with van der Waals surface area (Å²) in [5, 5.41) is 6.57. The van der Waals surface area contributed by atoms with Crippen molar-refractivity contribution >= 4 is 5.96 Å². The highest BCUT2D eigenvalue weighted by Gasteiger charge is 2.18. The van der Waals surface area contributed by atoms with Gasteiger partial charge in [0.15, 0.2) is 17.5 Å². The summed E-state index contributed by atoms with van der Waals surface area (Å²) in [6, 6.07) is 6.12. The van der Waals surface area contributed by atoms with Crippen LogP contribution in [-0.4, -0.2) is 32.8 Å². The van der Waals surface area contributed by atoms with Crippen LogP contribution in [0.2, 0.25) is 0 Å². The molecule has 5 heteroatoms. The molecule has 1 aromatic rings. The Labute approximate surface area is 139 Å². The first-order chi connectivity index (χ1) is 11.3. The molecule has 0 bridgehead atoms. The van der Waals surface area contributed by atoms with Crippen molar-refractivity contribution in [2.45, 2.75) is 51.7 Å². The van der Waals surface area contributed by atoms with Crippen LogP contribution >= 0.6 is 0 Å². The van der Waals surface area contributed by atoms with Crippen molar-refractivity contribution in [3.05, 3.63) is 23.8 Å².